The average molecular weight is 327 g/mol. The molecule has 24 heavy (non-hydrogen) atoms. The quantitative estimate of drug-likeness (QED) is 0.638. The van der Waals surface area contributed by atoms with Crippen LogP contribution in [0.1, 0.15) is 45.1 Å². The molecule has 0 spiro atoms. The van der Waals surface area contributed by atoms with Crippen LogP contribution in [-0.4, -0.2) is 24.2 Å². The van der Waals surface area contributed by atoms with Crippen molar-refractivity contribution in [1.82, 2.24) is 4.98 Å². The topological polar surface area (TPSA) is 66.5 Å². The van der Waals surface area contributed by atoms with Crippen LogP contribution in [0.4, 0.5) is 5.82 Å². The third kappa shape index (κ3) is 3.03. The molecule has 1 heterocycles. The summed E-state index contributed by atoms with van der Waals surface area (Å²) in [5.74, 6) is 0.707. The smallest absolute Gasteiger partial charge is 0.228 e. The van der Waals surface area contributed by atoms with Gasteiger partial charge in [-0.3, -0.25) is 4.79 Å². The Hall–Kier alpha value is -2.30. The molecule has 1 fully saturated rings. The fourth-order valence-electron chi connectivity index (χ4n) is 3.54. The van der Waals surface area contributed by atoms with E-state index in [4.69, 9.17) is 4.84 Å². The molecule has 2 N–H and O–H groups in total. The zero-order valence-corrected chi connectivity index (χ0v) is 14.6. The number of H-pyrrole nitrogens is 1. The van der Waals surface area contributed by atoms with Crippen LogP contribution < -0.4 is 5.32 Å². The lowest BCUT2D eigenvalue weighted by molar-refractivity contribution is -0.118. The number of nitrogens with one attached hydrogen (secondary N) is 2. The maximum atomic E-state index is 12.0. The number of anilines is 1. The molecule has 5 heteroatoms. The predicted molar refractivity (Wildman–Crippen MR) is 97.4 cm³/mol. The molecule has 0 bridgehead atoms. The van der Waals surface area contributed by atoms with Crippen LogP contribution in [0.2, 0.25) is 0 Å². The molecule has 2 aromatic rings. The van der Waals surface area contributed by atoms with Gasteiger partial charge in [-0.1, -0.05) is 50.0 Å². The monoisotopic (exact) mass is 327 g/mol. The zero-order valence-electron chi connectivity index (χ0n) is 14.6. The molecule has 1 aliphatic carbocycles. The van der Waals surface area contributed by atoms with E-state index in [-0.39, 0.29) is 17.2 Å². The Bertz CT molecular complexity index is 755. The fraction of sp³-hybridized carbons (Fsp3) is 0.474. The number of para-hydroxylation sites is 1. The largest absolute Gasteiger partial charge is 0.399 e. The predicted octanol–water partition coefficient (Wildman–Crippen LogP) is 4.21. The molecule has 0 atom stereocenters. The van der Waals surface area contributed by atoms with Gasteiger partial charge in [0.15, 0.2) is 0 Å². The number of amides is 1. The van der Waals surface area contributed by atoms with Crippen LogP contribution in [-0.2, 0) is 15.0 Å². The number of hydrogen-bond donors (Lipinski definition) is 2. The standard InChI is InChI=1S/C19H25N3O2/c1-13(2)18(23)22-16-11-14-7-6-8-15(17(14)21-16)19(12-20-24-3)9-4-5-10-19/h6-8,11-13,21H,4-5,9-10H2,1-3H3,(H,22,23). The third-order valence-electron chi connectivity index (χ3n) is 4.88. The molecule has 0 radical (unpaired) electrons. The van der Waals surface area contributed by atoms with Crippen LogP contribution in [0.15, 0.2) is 29.4 Å². The lowest BCUT2D eigenvalue weighted by atomic mass is 9.79. The number of benzene rings is 1. The molecular formula is C19H25N3O2. The second-order valence-corrected chi connectivity index (χ2v) is 6.88. The summed E-state index contributed by atoms with van der Waals surface area (Å²) < 4.78 is 0. The highest BCUT2D eigenvalue weighted by Crippen LogP contribution is 2.42. The lowest BCUT2D eigenvalue weighted by Crippen LogP contribution is -2.24. The van der Waals surface area contributed by atoms with Crippen LogP contribution in [0, 0.1) is 5.92 Å². The molecule has 1 aromatic carbocycles. The van der Waals surface area contributed by atoms with Crippen molar-refractivity contribution in [2.45, 2.75) is 44.9 Å². The first kappa shape index (κ1) is 16.6. The SMILES string of the molecule is CON=CC1(c2cccc3cc(NC(=O)C(C)C)[nH]c23)CCCC1. The van der Waals surface area contributed by atoms with E-state index in [0.717, 1.165) is 29.6 Å². The minimum Gasteiger partial charge on any atom is -0.399 e. The minimum absolute atomic E-state index is 0.0135. The lowest BCUT2D eigenvalue weighted by Gasteiger charge is -2.25. The van der Waals surface area contributed by atoms with Crippen molar-refractivity contribution in [3.05, 3.63) is 29.8 Å². The highest BCUT2D eigenvalue weighted by Gasteiger charge is 2.36. The average Bonchev–Trinajstić information content (AvgIpc) is 3.19. The van der Waals surface area contributed by atoms with Crippen molar-refractivity contribution in [2.24, 2.45) is 11.1 Å². The van der Waals surface area contributed by atoms with Crippen molar-refractivity contribution >= 4 is 28.8 Å². The molecule has 128 valence electrons. The van der Waals surface area contributed by atoms with Gasteiger partial charge in [0.1, 0.15) is 12.9 Å². The van der Waals surface area contributed by atoms with Crippen LogP contribution in [0.3, 0.4) is 0 Å². The molecule has 0 saturated heterocycles. The zero-order chi connectivity index (χ0) is 17.2. The molecule has 1 aliphatic rings. The second kappa shape index (κ2) is 6.67. The number of hydrogen-bond acceptors (Lipinski definition) is 3. The number of fused-ring (bicyclic) bond motifs is 1. The van der Waals surface area contributed by atoms with Crippen molar-refractivity contribution in [1.29, 1.82) is 0 Å². The Balaban J connectivity index is 2.03. The highest BCUT2D eigenvalue weighted by molar-refractivity contribution is 5.96. The van der Waals surface area contributed by atoms with E-state index < -0.39 is 0 Å². The number of aromatic amines is 1. The van der Waals surface area contributed by atoms with E-state index in [9.17, 15) is 4.79 Å². The molecule has 0 unspecified atom stereocenters. The maximum absolute atomic E-state index is 12.0. The number of carbonyl (C=O) groups excluding carboxylic acids is 1. The van der Waals surface area contributed by atoms with Gasteiger partial charge in [0.25, 0.3) is 0 Å². The number of carbonyl (C=O) groups is 1. The van der Waals surface area contributed by atoms with Gasteiger partial charge in [0, 0.05) is 16.7 Å². The van der Waals surface area contributed by atoms with Crippen LogP contribution in [0.25, 0.3) is 10.9 Å². The molecule has 1 saturated carbocycles. The summed E-state index contributed by atoms with van der Waals surface area (Å²) in [6.07, 6.45) is 6.44. The van der Waals surface area contributed by atoms with E-state index >= 15 is 0 Å². The fourth-order valence-corrected chi connectivity index (χ4v) is 3.54. The Labute approximate surface area is 142 Å². The van der Waals surface area contributed by atoms with Crippen molar-refractivity contribution in [3.8, 4) is 0 Å². The van der Waals surface area contributed by atoms with Crippen molar-refractivity contribution in [3.63, 3.8) is 0 Å². The maximum Gasteiger partial charge on any atom is 0.228 e. The number of oxime groups is 1. The Morgan fingerprint density at radius 3 is 2.79 bits per heavy atom. The summed E-state index contributed by atoms with van der Waals surface area (Å²) in [6, 6.07) is 8.28. The summed E-state index contributed by atoms with van der Waals surface area (Å²) in [5, 5.41) is 8.13. The van der Waals surface area contributed by atoms with Gasteiger partial charge < -0.3 is 15.1 Å². The van der Waals surface area contributed by atoms with Gasteiger partial charge in [0.2, 0.25) is 5.91 Å². The van der Waals surface area contributed by atoms with E-state index in [1.807, 2.05) is 26.1 Å². The second-order valence-electron chi connectivity index (χ2n) is 6.88. The third-order valence-corrected chi connectivity index (χ3v) is 4.88. The summed E-state index contributed by atoms with van der Waals surface area (Å²) in [7, 11) is 1.58. The number of rotatable bonds is 5. The van der Waals surface area contributed by atoms with Gasteiger partial charge in [-0.15, -0.1) is 0 Å². The van der Waals surface area contributed by atoms with E-state index in [0.29, 0.717) is 0 Å². The van der Waals surface area contributed by atoms with Gasteiger partial charge in [-0.2, -0.15) is 0 Å². The number of aromatic nitrogens is 1. The Morgan fingerprint density at radius 1 is 1.38 bits per heavy atom. The summed E-state index contributed by atoms with van der Waals surface area (Å²) in [6.45, 7) is 3.77. The molecule has 1 amide bonds. The molecular weight excluding hydrogens is 302 g/mol. The number of nitrogens with zero attached hydrogens (tertiary/aromatic N) is 1. The van der Waals surface area contributed by atoms with Crippen molar-refractivity contribution in [2.75, 3.05) is 12.4 Å². The molecule has 3 rings (SSSR count). The van der Waals surface area contributed by atoms with Gasteiger partial charge >= 0.3 is 0 Å². The Morgan fingerprint density at radius 2 is 2.12 bits per heavy atom. The first-order valence-corrected chi connectivity index (χ1v) is 8.56. The van der Waals surface area contributed by atoms with Crippen LogP contribution >= 0.6 is 0 Å². The van der Waals surface area contributed by atoms with Gasteiger partial charge in [0.05, 0.1) is 11.7 Å². The Kier molecular flexibility index (Phi) is 4.60. The van der Waals surface area contributed by atoms with Gasteiger partial charge in [-0.05, 0) is 24.5 Å². The summed E-state index contributed by atoms with van der Waals surface area (Å²) in [4.78, 5) is 20.3. The first-order chi connectivity index (χ1) is 11.6. The summed E-state index contributed by atoms with van der Waals surface area (Å²) >= 11 is 0. The van der Waals surface area contributed by atoms with E-state index in [1.54, 1.807) is 7.11 Å². The molecule has 5 nitrogen and oxygen atoms in total. The van der Waals surface area contributed by atoms with E-state index in [2.05, 4.69) is 33.7 Å². The minimum atomic E-state index is -0.0975. The van der Waals surface area contributed by atoms with E-state index in [1.165, 1.54) is 18.4 Å². The van der Waals surface area contributed by atoms with Gasteiger partial charge in [-0.25, -0.2) is 0 Å². The van der Waals surface area contributed by atoms with Crippen molar-refractivity contribution < 1.29 is 9.63 Å². The van der Waals surface area contributed by atoms with Crippen LogP contribution in [0.5, 0.6) is 0 Å². The highest BCUT2D eigenvalue weighted by atomic mass is 16.6. The first-order valence-electron chi connectivity index (χ1n) is 8.56. The normalized spacial score (nSPS) is 17.0. The summed E-state index contributed by atoms with van der Waals surface area (Å²) in [5.41, 5.74) is 2.20. The molecule has 1 aromatic heterocycles. The molecule has 0 aliphatic heterocycles.